The first-order valence-corrected chi connectivity index (χ1v) is 6.45. The number of ether oxygens (including phenoxy) is 1. The lowest BCUT2D eigenvalue weighted by Crippen LogP contribution is -2.27. The van der Waals surface area contributed by atoms with Crippen molar-refractivity contribution in [1.29, 1.82) is 0 Å². The number of hydrogen-bond acceptors (Lipinski definition) is 3. The minimum Gasteiger partial charge on any atom is -0.399 e. The Morgan fingerprint density at radius 3 is 3.00 bits per heavy atom. The number of nitrogen functional groups attached to an aromatic ring is 1. The van der Waals surface area contributed by atoms with Crippen molar-refractivity contribution in [2.75, 3.05) is 25.5 Å². The van der Waals surface area contributed by atoms with Gasteiger partial charge < -0.3 is 15.8 Å². The van der Waals surface area contributed by atoms with E-state index < -0.39 is 0 Å². The van der Waals surface area contributed by atoms with Gasteiger partial charge in [-0.25, -0.2) is 0 Å². The highest BCUT2D eigenvalue weighted by Crippen LogP contribution is 2.28. The molecule has 3 N–H and O–H groups in total. The van der Waals surface area contributed by atoms with E-state index >= 15 is 0 Å². The topological polar surface area (TPSA) is 64.4 Å². The van der Waals surface area contributed by atoms with E-state index in [2.05, 4.69) is 5.32 Å². The number of halogens is 1. The number of nitrogens with two attached hydrogens (primary N) is 1. The third kappa shape index (κ3) is 3.89. The molecule has 0 atom stereocenters. The molecule has 0 saturated heterocycles. The molecule has 0 aliphatic heterocycles. The van der Waals surface area contributed by atoms with Gasteiger partial charge in [0, 0.05) is 18.8 Å². The molecule has 2 rings (SSSR count). The average molecular weight is 269 g/mol. The lowest BCUT2D eigenvalue weighted by atomic mass is 10.2. The van der Waals surface area contributed by atoms with Crippen molar-refractivity contribution >= 4 is 23.2 Å². The van der Waals surface area contributed by atoms with Crippen molar-refractivity contribution < 1.29 is 9.53 Å². The molecule has 0 bridgehead atoms. The van der Waals surface area contributed by atoms with Crippen LogP contribution in [-0.2, 0) is 4.74 Å². The molecule has 0 unspecified atom stereocenters. The fourth-order valence-corrected chi connectivity index (χ4v) is 1.79. The van der Waals surface area contributed by atoms with Gasteiger partial charge in [-0.3, -0.25) is 4.79 Å². The molecule has 0 aromatic heterocycles. The molecule has 18 heavy (non-hydrogen) atoms. The zero-order valence-corrected chi connectivity index (χ0v) is 10.9. The highest BCUT2D eigenvalue weighted by molar-refractivity contribution is 6.34. The van der Waals surface area contributed by atoms with E-state index in [0.717, 1.165) is 12.5 Å². The standard InChI is InChI=1S/C13H17ClN2O2/c14-12-4-3-10(15)7-11(12)13(17)16-5-6-18-8-9-1-2-9/h3-4,7,9H,1-2,5-6,8,15H2,(H,16,17). The molecule has 1 aliphatic carbocycles. The Hall–Kier alpha value is -1.26. The van der Waals surface area contributed by atoms with Gasteiger partial charge in [0.1, 0.15) is 0 Å². The van der Waals surface area contributed by atoms with E-state index in [0.29, 0.717) is 29.4 Å². The number of rotatable bonds is 6. The Morgan fingerprint density at radius 1 is 1.50 bits per heavy atom. The zero-order valence-electron chi connectivity index (χ0n) is 10.1. The van der Waals surface area contributed by atoms with Crippen molar-refractivity contribution in [1.82, 2.24) is 5.32 Å². The second-order valence-corrected chi connectivity index (χ2v) is 4.92. The summed E-state index contributed by atoms with van der Waals surface area (Å²) >= 11 is 5.93. The van der Waals surface area contributed by atoms with Crippen molar-refractivity contribution in [3.8, 4) is 0 Å². The molecule has 4 nitrogen and oxygen atoms in total. The second-order valence-electron chi connectivity index (χ2n) is 4.51. The fraction of sp³-hybridized carbons (Fsp3) is 0.462. The van der Waals surface area contributed by atoms with Crippen LogP contribution in [-0.4, -0.2) is 25.7 Å². The van der Waals surface area contributed by atoms with Crippen molar-refractivity contribution in [2.45, 2.75) is 12.8 Å². The van der Waals surface area contributed by atoms with E-state index in [4.69, 9.17) is 22.1 Å². The summed E-state index contributed by atoms with van der Waals surface area (Å²) in [4.78, 5) is 11.8. The van der Waals surface area contributed by atoms with Gasteiger partial charge >= 0.3 is 0 Å². The smallest absolute Gasteiger partial charge is 0.252 e. The normalized spacial score (nSPS) is 14.5. The first-order valence-electron chi connectivity index (χ1n) is 6.08. The molecule has 0 spiro atoms. The molecule has 0 radical (unpaired) electrons. The summed E-state index contributed by atoms with van der Waals surface area (Å²) in [5.41, 5.74) is 6.54. The molecular formula is C13H17ClN2O2. The van der Waals surface area contributed by atoms with Gasteiger partial charge in [0.15, 0.2) is 0 Å². The number of carbonyl (C=O) groups excluding carboxylic acids is 1. The first-order chi connectivity index (χ1) is 8.66. The number of amides is 1. The van der Waals surface area contributed by atoms with Crippen LogP contribution in [0.1, 0.15) is 23.2 Å². The lowest BCUT2D eigenvalue weighted by Gasteiger charge is -2.08. The predicted octanol–water partition coefficient (Wildman–Crippen LogP) is 2.08. The molecule has 98 valence electrons. The highest BCUT2D eigenvalue weighted by Gasteiger charge is 2.20. The maximum atomic E-state index is 11.8. The maximum absolute atomic E-state index is 11.8. The van der Waals surface area contributed by atoms with E-state index in [1.807, 2.05) is 0 Å². The second kappa shape index (κ2) is 6.07. The highest BCUT2D eigenvalue weighted by atomic mass is 35.5. The van der Waals surface area contributed by atoms with E-state index in [-0.39, 0.29) is 5.91 Å². The van der Waals surface area contributed by atoms with Crippen LogP contribution in [0.4, 0.5) is 5.69 Å². The van der Waals surface area contributed by atoms with Gasteiger partial charge in [0.25, 0.3) is 5.91 Å². The Kier molecular flexibility index (Phi) is 4.44. The molecular weight excluding hydrogens is 252 g/mol. The average Bonchev–Trinajstić information content (AvgIpc) is 3.15. The van der Waals surface area contributed by atoms with E-state index in [1.54, 1.807) is 18.2 Å². The summed E-state index contributed by atoms with van der Waals surface area (Å²) in [5, 5.41) is 3.16. The van der Waals surface area contributed by atoms with Crippen LogP contribution in [0.15, 0.2) is 18.2 Å². The SMILES string of the molecule is Nc1ccc(Cl)c(C(=O)NCCOCC2CC2)c1. The van der Waals surface area contributed by atoms with Crippen LogP contribution < -0.4 is 11.1 Å². The van der Waals surface area contributed by atoms with Crippen LogP contribution in [0, 0.1) is 5.92 Å². The molecule has 1 aromatic rings. The largest absolute Gasteiger partial charge is 0.399 e. The van der Waals surface area contributed by atoms with Gasteiger partial charge in [-0.1, -0.05) is 11.6 Å². The van der Waals surface area contributed by atoms with E-state index in [1.165, 1.54) is 12.8 Å². The number of anilines is 1. The molecule has 1 aliphatic rings. The Bertz CT molecular complexity index is 433. The molecule has 1 saturated carbocycles. The fourth-order valence-electron chi connectivity index (χ4n) is 1.58. The quantitative estimate of drug-likeness (QED) is 0.613. The van der Waals surface area contributed by atoms with Gasteiger partial charge in [-0.2, -0.15) is 0 Å². The Balaban J connectivity index is 1.74. The summed E-state index contributed by atoms with van der Waals surface area (Å²) in [6, 6.07) is 4.86. The Labute approximate surface area is 111 Å². The molecule has 1 amide bonds. The van der Waals surface area contributed by atoms with Crippen molar-refractivity contribution in [3.05, 3.63) is 28.8 Å². The number of nitrogens with one attached hydrogen (secondary N) is 1. The summed E-state index contributed by atoms with van der Waals surface area (Å²) < 4.78 is 5.43. The molecule has 1 aromatic carbocycles. The van der Waals surface area contributed by atoms with Crippen molar-refractivity contribution in [2.24, 2.45) is 5.92 Å². The van der Waals surface area contributed by atoms with Crippen LogP contribution in [0.5, 0.6) is 0 Å². The minimum atomic E-state index is -0.220. The van der Waals surface area contributed by atoms with Gasteiger partial charge in [-0.05, 0) is 37.0 Å². The third-order valence-electron chi connectivity index (χ3n) is 2.82. The van der Waals surface area contributed by atoms with Gasteiger partial charge in [-0.15, -0.1) is 0 Å². The van der Waals surface area contributed by atoms with Crippen LogP contribution in [0.25, 0.3) is 0 Å². The minimum absolute atomic E-state index is 0.220. The maximum Gasteiger partial charge on any atom is 0.252 e. The summed E-state index contributed by atoms with van der Waals surface area (Å²) in [7, 11) is 0. The van der Waals surface area contributed by atoms with Crippen LogP contribution in [0.2, 0.25) is 5.02 Å². The van der Waals surface area contributed by atoms with Crippen molar-refractivity contribution in [3.63, 3.8) is 0 Å². The monoisotopic (exact) mass is 268 g/mol. The molecule has 5 heteroatoms. The first kappa shape index (κ1) is 13.2. The van der Waals surface area contributed by atoms with Crippen LogP contribution >= 0.6 is 11.6 Å². The summed E-state index contributed by atoms with van der Waals surface area (Å²) in [5.74, 6) is 0.520. The summed E-state index contributed by atoms with van der Waals surface area (Å²) in [6.07, 6.45) is 2.54. The number of carbonyl (C=O) groups is 1. The zero-order chi connectivity index (χ0) is 13.0. The number of benzene rings is 1. The van der Waals surface area contributed by atoms with Gasteiger partial charge in [0.05, 0.1) is 17.2 Å². The summed E-state index contributed by atoms with van der Waals surface area (Å²) in [6.45, 7) is 1.81. The lowest BCUT2D eigenvalue weighted by molar-refractivity contribution is 0.0906. The van der Waals surface area contributed by atoms with Gasteiger partial charge in [0.2, 0.25) is 0 Å². The Morgan fingerprint density at radius 2 is 2.28 bits per heavy atom. The molecule has 0 heterocycles. The number of hydrogen-bond donors (Lipinski definition) is 2. The van der Waals surface area contributed by atoms with E-state index in [9.17, 15) is 4.79 Å². The molecule has 1 fully saturated rings. The predicted molar refractivity (Wildman–Crippen MR) is 71.7 cm³/mol. The van der Waals surface area contributed by atoms with Crippen LogP contribution in [0.3, 0.4) is 0 Å². The third-order valence-corrected chi connectivity index (χ3v) is 3.15.